The fourth-order valence-corrected chi connectivity index (χ4v) is 2.24. The molecule has 2 aromatic rings. The maximum absolute atomic E-state index is 12.8. The first-order chi connectivity index (χ1) is 9.95. The van der Waals surface area contributed by atoms with Crippen LogP contribution in [0, 0.1) is 17.8 Å². The molecule has 0 aliphatic rings. The van der Waals surface area contributed by atoms with Crippen molar-refractivity contribution in [2.45, 2.75) is 6.54 Å². The molecule has 0 saturated heterocycles. The van der Waals surface area contributed by atoms with Gasteiger partial charge in [-0.3, -0.25) is 0 Å². The standard InChI is InChI=1S/C16H14FNO2S/c1-21(19,20)18(13-15-5-3-2-4-6-15)12-11-14-7-9-16(17)10-8-14/h2-10H,13H2,1H3. The molecule has 21 heavy (non-hydrogen) atoms. The fourth-order valence-electron chi connectivity index (χ4n) is 1.65. The maximum Gasteiger partial charge on any atom is 0.239 e. The Morgan fingerprint density at radius 3 is 2.24 bits per heavy atom. The third-order valence-corrected chi connectivity index (χ3v) is 3.76. The van der Waals surface area contributed by atoms with E-state index in [1.165, 1.54) is 24.3 Å². The summed E-state index contributed by atoms with van der Waals surface area (Å²) in [5.74, 6) is 2.37. The lowest BCUT2D eigenvalue weighted by molar-refractivity contribution is 0.515. The summed E-state index contributed by atoms with van der Waals surface area (Å²) in [4.78, 5) is 0. The molecule has 2 aromatic carbocycles. The van der Waals surface area contributed by atoms with Crippen LogP contribution in [0.25, 0.3) is 0 Å². The summed E-state index contributed by atoms with van der Waals surface area (Å²) in [7, 11) is -3.46. The number of hydrogen-bond acceptors (Lipinski definition) is 2. The van der Waals surface area contributed by atoms with Gasteiger partial charge in [-0.15, -0.1) is 0 Å². The van der Waals surface area contributed by atoms with Gasteiger partial charge in [0.1, 0.15) is 5.82 Å². The average molecular weight is 303 g/mol. The van der Waals surface area contributed by atoms with E-state index >= 15 is 0 Å². The smallest absolute Gasteiger partial charge is 0.224 e. The molecule has 5 heteroatoms. The van der Waals surface area contributed by atoms with Crippen molar-refractivity contribution in [2.24, 2.45) is 0 Å². The first-order valence-corrected chi connectivity index (χ1v) is 8.09. The van der Waals surface area contributed by atoms with Crippen LogP contribution < -0.4 is 0 Å². The zero-order chi connectivity index (χ0) is 15.3. The Bertz CT molecular complexity index is 759. The monoisotopic (exact) mass is 303 g/mol. The van der Waals surface area contributed by atoms with Crippen LogP contribution in [-0.4, -0.2) is 19.0 Å². The molecule has 0 aliphatic carbocycles. The average Bonchev–Trinajstić information content (AvgIpc) is 2.45. The van der Waals surface area contributed by atoms with Crippen molar-refractivity contribution in [3.05, 3.63) is 71.5 Å². The molecule has 0 unspecified atom stereocenters. The number of halogens is 1. The van der Waals surface area contributed by atoms with Crippen molar-refractivity contribution in [1.82, 2.24) is 4.31 Å². The lowest BCUT2D eigenvalue weighted by atomic mass is 10.2. The van der Waals surface area contributed by atoms with Gasteiger partial charge in [-0.1, -0.05) is 30.3 Å². The van der Waals surface area contributed by atoms with E-state index in [0.29, 0.717) is 5.56 Å². The van der Waals surface area contributed by atoms with Crippen LogP contribution in [0.1, 0.15) is 11.1 Å². The van der Waals surface area contributed by atoms with Gasteiger partial charge in [-0.05, 0) is 35.7 Å². The van der Waals surface area contributed by atoms with Crippen molar-refractivity contribution in [3.63, 3.8) is 0 Å². The van der Waals surface area contributed by atoms with Gasteiger partial charge in [0.15, 0.2) is 0 Å². The van der Waals surface area contributed by atoms with Gasteiger partial charge in [-0.2, -0.15) is 0 Å². The van der Waals surface area contributed by atoms with Crippen molar-refractivity contribution in [2.75, 3.05) is 6.26 Å². The number of hydrogen-bond donors (Lipinski definition) is 0. The van der Waals surface area contributed by atoms with E-state index in [-0.39, 0.29) is 12.4 Å². The van der Waals surface area contributed by atoms with Crippen LogP contribution in [0.4, 0.5) is 4.39 Å². The highest BCUT2D eigenvalue weighted by molar-refractivity contribution is 7.88. The molecular weight excluding hydrogens is 289 g/mol. The molecule has 0 N–H and O–H groups in total. The predicted octanol–water partition coefficient (Wildman–Crippen LogP) is 2.60. The van der Waals surface area contributed by atoms with E-state index in [9.17, 15) is 12.8 Å². The molecule has 0 amide bonds. The molecule has 0 aliphatic heterocycles. The summed E-state index contributed by atoms with van der Waals surface area (Å²) >= 11 is 0. The van der Waals surface area contributed by atoms with Gasteiger partial charge in [0.25, 0.3) is 0 Å². The van der Waals surface area contributed by atoms with Crippen molar-refractivity contribution < 1.29 is 12.8 Å². The van der Waals surface area contributed by atoms with Gasteiger partial charge in [0.2, 0.25) is 10.0 Å². The SMILES string of the molecule is CS(=O)(=O)N(C#Cc1ccc(F)cc1)Cc1ccccc1. The first kappa shape index (κ1) is 15.1. The van der Waals surface area contributed by atoms with Crippen molar-refractivity contribution in [3.8, 4) is 12.0 Å². The predicted molar refractivity (Wildman–Crippen MR) is 80.1 cm³/mol. The van der Waals surface area contributed by atoms with Crippen molar-refractivity contribution in [1.29, 1.82) is 0 Å². The van der Waals surface area contributed by atoms with E-state index in [1.54, 1.807) is 0 Å². The zero-order valence-electron chi connectivity index (χ0n) is 11.5. The normalized spacial score (nSPS) is 10.6. The van der Waals surface area contributed by atoms with Crippen LogP contribution >= 0.6 is 0 Å². The third kappa shape index (κ3) is 4.62. The van der Waals surface area contributed by atoms with Crippen LogP contribution in [0.3, 0.4) is 0 Å². The van der Waals surface area contributed by atoms with Gasteiger partial charge in [-0.25, -0.2) is 17.1 Å². The zero-order valence-corrected chi connectivity index (χ0v) is 12.3. The second-order valence-electron chi connectivity index (χ2n) is 4.50. The highest BCUT2D eigenvalue weighted by Gasteiger charge is 2.12. The molecule has 108 valence electrons. The minimum absolute atomic E-state index is 0.174. The molecule has 0 fully saturated rings. The van der Waals surface area contributed by atoms with E-state index in [4.69, 9.17) is 0 Å². The number of nitrogens with zero attached hydrogens (tertiary/aromatic N) is 1. The molecule has 0 spiro atoms. The highest BCUT2D eigenvalue weighted by Crippen LogP contribution is 2.08. The van der Waals surface area contributed by atoms with Crippen LogP contribution in [0.15, 0.2) is 54.6 Å². The number of sulfonamides is 1. The summed E-state index contributed by atoms with van der Waals surface area (Å²) in [6, 6.07) is 17.4. The largest absolute Gasteiger partial charge is 0.239 e. The van der Waals surface area contributed by atoms with Crippen molar-refractivity contribution >= 4 is 10.0 Å². The molecule has 0 saturated carbocycles. The molecule has 2 rings (SSSR count). The summed E-state index contributed by atoms with van der Waals surface area (Å²) in [6.07, 6.45) is 1.11. The number of rotatable bonds is 3. The molecule has 0 heterocycles. The number of benzene rings is 2. The van der Waals surface area contributed by atoms with E-state index in [0.717, 1.165) is 16.1 Å². The molecule has 0 bridgehead atoms. The molecular formula is C16H14FNO2S. The van der Waals surface area contributed by atoms with Crippen LogP contribution in [0.5, 0.6) is 0 Å². The Morgan fingerprint density at radius 2 is 1.67 bits per heavy atom. The molecule has 0 aromatic heterocycles. The summed E-state index contributed by atoms with van der Waals surface area (Å²) in [6.45, 7) is 0.174. The minimum atomic E-state index is -3.46. The third-order valence-electron chi connectivity index (χ3n) is 2.74. The van der Waals surface area contributed by atoms with E-state index in [2.05, 4.69) is 12.0 Å². The Kier molecular flexibility index (Phi) is 4.61. The maximum atomic E-state index is 12.8. The molecule has 3 nitrogen and oxygen atoms in total. The second-order valence-corrected chi connectivity index (χ2v) is 6.41. The Hall–Kier alpha value is -2.32. The van der Waals surface area contributed by atoms with Gasteiger partial charge < -0.3 is 0 Å². The summed E-state index contributed by atoms with van der Waals surface area (Å²) in [5, 5.41) is 0. The fraction of sp³-hybridized carbons (Fsp3) is 0.125. The molecule has 0 radical (unpaired) electrons. The van der Waals surface area contributed by atoms with Crippen LogP contribution in [0.2, 0.25) is 0 Å². The van der Waals surface area contributed by atoms with E-state index < -0.39 is 10.0 Å². The first-order valence-electron chi connectivity index (χ1n) is 6.24. The highest BCUT2D eigenvalue weighted by atomic mass is 32.2. The Labute approximate surface area is 124 Å². The summed E-state index contributed by atoms with van der Waals surface area (Å²) < 4.78 is 37.4. The lowest BCUT2D eigenvalue weighted by Gasteiger charge is -2.14. The lowest BCUT2D eigenvalue weighted by Crippen LogP contribution is -2.24. The second kappa shape index (κ2) is 6.42. The van der Waals surface area contributed by atoms with Crippen LogP contribution in [-0.2, 0) is 16.6 Å². The minimum Gasteiger partial charge on any atom is -0.224 e. The van der Waals surface area contributed by atoms with E-state index in [1.807, 2.05) is 30.3 Å². The molecule has 0 atom stereocenters. The topological polar surface area (TPSA) is 37.4 Å². The Balaban J connectivity index is 2.24. The Morgan fingerprint density at radius 1 is 1.05 bits per heavy atom. The van der Waals surface area contributed by atoms with Gasteiger partial charge in [0, 0.05) is 11.6 Å². The quantitative estimate of drug-likeness (QED) is 0.645. The van der Waals surface area contributed by atoms with Gasteiger partial charge >= 0.3 is 0 Å². The summed E-state index contributed by atoms with van der Waals surface area (Å²) in [5.41, 5.74) is 1.40. The van der Waals surface area contributed by atoms with Gasteiger partial charge in [0.05, 0.1) is 12.8 Å².